The van der Waals surface area contributed by atoms with Gasteiger partial charge in [0.25, 0.3) is 0 Å². The zero-order chi connectivity index (χ0) is 15.3. The summed E-state index contributed by atoms with van der Waals surface area (Å²) in [4.78, 5) is 25.9. The molecule has 1 heterocycles. The molecule has 0 aliphatic heterocycles. The first kappa shape index (κ1) is 16.5. The molecule has 20 heavy (non-hydrogen) atoms. The van der Waals surface area contributed by atoms with Gasteiger partial charge in [0.05, 0.1) is 0 Å². The van der Waals surface area contributed by atoms with Crippen LogP contribution in [-0.4, -0.2) is 41.1 Å². The lowest BCUT2D eigenvalue weighted by atomic mass is 10.1. The van der Waals surface area contributed by atoms with Gasteiger partial charge in [-0.15, -0.1) is 11.3 Å². The van der Waals surface area contributed by atoms with Gasteiger partial charge in [-0.25, -0.2) is 9.59 Å². The van der Waals surface area contributed by atoms with E-state index in [9.17, 15) is 9.59 Å². The molecule has 0 aromatic carbocycles. The fourth-order valence-electron chi connectivity index (χ4n) is 1.81. The van der Waals surface area contributed by atoms with Gasteiger partial charge in [-0.3, -0.25) is 0 Å². The van der Waals surface area contributed by atoms with E-state index in [4.69, 9.17) is 5.11 Å². The van der Waals surface area contributed by atoms with Crippen LogP contribution < -0.4 is 5.32 Å². The first-order valence-corrected chi connectivity index (χ1v) is 7.49. The predicted molar refractivity (Wildman–Crippen MR) is 80.0 cm³/mol. The van der Waals surface area contributed by atoms with Crippen molar-refractivity contribution in [1.82, 2.24) is 10.2 Å². The number of carbonyl (C=O) groups excluding carboxylic acids is 1. The van der Waals surface area contributed by atoms with Gasteiger partial charge >= 0.3 is 12.0 Å². The van der Waals surface area contributed by atoms with Gasteiger partial charge < -0.3 is 15.3 Å². The van der Waals surface area contributed by atoms with E-state index < -0.39 is 12.0 Å². The average Bonchev–Trinajstić information content (AvgIpc) is 2.86. The summed E-state index contributed by atoms with van der Waals surface area (Å²) in [5, 5.41) is 13.7. The molecule has 112 valence electrons. The number of hydrogen-bond donors (Lipinski definition) is 2. The fraction of sp³-hybridized carbons (Fsp3) is 0.571. The molecule has 0 aliphatic rings. The molecule has 0 saturated carbocycles. The van der Waals surface area contributed by atoms with Crippen molar-refractivity contribution in [3.63, 3.8) is 0 Å². The maximum Gasteiger partial charge on any atom is 0.326 e. The minimum absolute atomic E-state index is 0.00950. The Bertz CT molecular complexity index is 445. The normalized spacial score (nSPS) is 13.8. The van der Waals surface area contributed by atoms with E-state index in [0.717, 1.165) is 6.42 Å². The lowest BCUT2D eigenvalue weighted by Crippen LogP contribution is -2.51. The summed E-state index contributed by atoms with van der Waals surface area (Å²) >= 11 is 1.65. The van der Waals surface area contributed by atoms with Crippen LogP contribution in [0.2, 0.25) is 0 Å². The summed E-state index contributed by atoms with van der Waals surface area (Å²) in [5.74, 6) is -1.16. The number of carboxylic acid groups (broad SMARTS) is 1. The van der Waals surface area contributed by atoms with Gasteiger partial charge in [0.1, 0.15) is 6.04 Å². The number of nitrogens with zero attached hydrogens (tertiary/aromatic N) is 1. The topological polar surface area (TPSA) is 69.6 Å². The molecule has 5 nitrogen and oxygen atoms in total. The number of likely N-dealkylation sites (N-methyl/N-ethyl adjacent to an activating group) is 1. The summed E-state index contributed by atoms with van der Waals surface area (Å²) in [6, 6.07) is 2.80. The zero-order valence-corrected chi connectivity index (χ0v) is 13.1. The van der Waals surface area contributed by atoms with E-state index in [1.54, 1.807) is 37.1 Å². The lowest BCUT2D eigenvalue weighted by molar-refractivity contribution is -0.140. The fourth-order valence-corrected chi connectivity index (χ4v) is 2.63. The van der Waals surface area contributed by atoms with Crippen LogP contribution in [0.5, 0.6) is 0 Å². The molecule has 2 amide bonds. The number of nitrogens with one attached hydrogen (secondary N) is 1. The summed E-state index contributed by atoms with van der Waals surface area (Å²) in [7, 11) is 1.69. The third-order valence-corrected chi connectivity index (χ3v) is 4.17. The molecule has 0 spiro atoms. The molecule has 0 fully saturated rings. The zero-order valence-electron chi connectivity index (χ0n) is 12.3. The van der Waals surface area contributed by atoms with Crippen molar-refractivity contribution in [3.05, 3.63) is 22.4 Å². The molecule has 6 heteroatoms. The van der Waals surface area contributed by atoms with Crippen LogP contribution in [-0.2, 0) is 11.2 Å². The maximum absolute atomic E-state index is 12.1. The second-order valence-corrected chi connectivity index (χ2v) is 6.29. The molecule has 1 rings (SSSR count). The van der Waals surface area contributed by atoms with Crippen molar-refractivity contribution in [2.24, 2.45) is 5.92 Å². The number of thiophene rings is 1. The van der Waals surface area contributed by atoms with E-state index in [1.807, 2.05) is 24.4 Å². The van der Waals surface area contributed by atoms with Crippen LogP contribution in [0.3, 0.4) is 0 Å². The first-order valence-electron chi connectivity index (χ1n) is 6.61. The maximum atomic E-state index is 12.1. The Hall–Kier alpha value is -1.56. The van der Waals surface area contributed by atoms with Gasteiger partial charge in [0.15, 0.2) is 0 Å². The minimum atomic E-state index is -1.01. The van der Waals surface area contributed by atoms with E-state index in [-0.39, 0.29) is 18.0 Å². The van der Waals surface area contributed by atoms with E-state index >= 15 is 0 Å². The quantitative estimate of drug-likeness (QED) is 0.847. The summed E-state index contributed by atoms with van der Waals surface area (Å²) in [6.45, 7) is 5.49. The molecular formula is C14H22N2O3S. The van der Waals surface area contributed by atoms with Crippen LogP contribution in [0.15, 0.2) is 17.5 Å². The number of carbonyl (C=O) groups is 2. The summed E-state index contributed by atoms with van der Waals surface area (Å²) in [5.41, 5.74) is 0. The van der Waals surface area contributed by atoms with E-state index in [0.29, 0.717) is 0 Å². The second-order valence-electron chi connectivity index (χ2n) is 5.25. The van der Waals surface area contributed by atoms with Crippen molar-refractivity contribution in [2.75, 3.05) is 7.05 Å². The molecule has 1 aromatic heterocycles. The smallest absolute Gasteiger partial charge is 0.326 e. The number of rotatable bonds is 6. The van der Waals surface area contributed by atoms with Gasteiger partial charge in [0.2, 0.25) is 0 Å². The molecule has 0 aliphatic carbocycles. The molecule has 2 atom stereocenters. The average molecular weight is 298 g/mol. The molecule has 1 aromatic rings. The number of carboxylic acids is 1. The molecule has 2 N–H and O–H groups in total. The molecule has 0 radical (unpaired) electrons. The Morgan fingerprint density at radius 3 is 2.50 bits per heavy atom. The number of amides is 2. The van der Waals surface area contributed by atoms with Gasteiger partial charge in [0, 0.05) is 24.4 Å². The standard InChI is InChI=1S/C14H22N2O3S/c1-9(2)12(13(17)18)15-14(19)16(4)10(3)8-11-6-5-7-20-11/h5-7,9-10,12H,8H2,1-4H3,(H,15,19)(H,17,18)/t10?,12-/m1/s1. The summed E-state index contributed by atoms with van der Waals surface area (Å²) < 4.78 is 0. The number of hydrogen-bond acceptors (Lipinski definition) is 3. The van der Waals surface area contributed by atoms with Crippen LogP contribution in [0, 0.1) is 5.92 Å². The third-order valence-electron chi connectivity index (χ3n) is 3.27. The second kappa shape index (κ2) is 7.28. The molecule has 1 unspecified atom stereocenters. The van der Waals surface area contributed by atoms with Crippen LogP contribution in [0.4, 0.5) is 4.79 Å². The highest BCUT2D eigenvalue weighted by molar-refractivity contribution is 7.09. The SMILES string of the molecule is CC(C)[C@@H](NC(=O)N(C)C(C)Cc1cccs1)C(=O)O. The Morgan fingerprint density at radius 1 is 1.40 bits per heavy atom. The highest BCUT2D eigenvalue weighted by atomic mass is 32.1. The van der Waals surface area contributed by atoms with Gasteiger partial charge in [-0.1, -0.05) is 19.9 Å². The number of aliphatic carboxylic acids is 1. The predicted octanol–water partition coefficient (Wildman–Crippen LogP) is 2.43. The Kier molecular flexibility index (Phi) is 6.01. The highest BCUT2D eigenvalue weighted by Crippen LogP contribution is 2.14. The van der Waals surface area contributed by atoms with Crippen molar-refractivity contribution >= 4 is 23.3 Å². The van der Waals surface area contributed by atoms with E-state index in [2.05, 4.69) is 5.32 Å². The van der Waals surface area contributed by atoms with Crippen LogP contribution in [0.1, 0.15) is 25.6 Å². The largest absolute Gasteiger partial charge is 0.480 e. The van der Waals surface area contributed by atoms with Crippen LogP contribution >= 0.6 is 11.3 Å². The molecule has 0 saturated heterocycles. The van der Waals surface area contributed by atoms with Crippen molar-refractivity contribution in [3.8, 4) is 0 Å². The summed E-state index contributed by atoms with van der Waals surface area (Å²) in [6.07, 6.45) is 0.765. The first-order chi connectivity index (χ1) is 9.32. The van der Waals surface area contributed by atoms with E-state index in [1.165, 1.54) is 4.88 Å². The van der Waals surface area contributed by atoms with Crippen LogP contribution in [0.25, 0.3) is 0 Å². The molecule has 0 bridgehead atoms. The molecular weight excluding hydrogens is 276 g/mol. The number of urea groups is 1. The van der Waals surface area contributed by atoms with Gasteiger partial charge in [-0.2, -0.15) is 0 Å². The van der Waals surface area contributed by atoms with Gasteiger partial charge in [-0.05, 0) is 24.3 Å². The minimum Gasteiger partial charge on any atom is -0.480 e. The Balaban J connectivity index is 2.59. The lowest BCUT2D eigenvalue weighted by Gasteiger charge is -2.27. The highest BCUT2D eigenvalue weighted by Gasteiger charge is 2.26. The Labute approximate surface area is 123 Å². The third kappa shape index (κ3) is 4.52. The van der Waals surface area contributed by atoms with Crippen molar-refractivity contribution in [2.45, 2.75) is 39.3 Å². The Morgan fingerprint density at radius 2 is 2.05 bits per heavy atom. The monoisotopic (exact) mass is 298 g/mol. The van der Waals surface area contributed by atoms with Crippen molar-refractivity contribution in [1.29, 1.82) is 0 Å². The van der Waals surface area contributed by atoms with Crippen molar-refractivity contribution < 1.29 is 14.7 Å².